The van der Waals surface area contributed by atoms with Gasteiger partial charge in [-0.2, -0.15) is 0 Å². The lowest BCUT2D eigenvalue weighted by Crippen LogP contribution is -2.12. The van der Waals surface area contributed by atoms with Crippen molar-refractivity contribution in [2.75, 3.05) is 0 Å². The van der Waals surface area contributed by atoms with Crippen LogP contribution in [0.2, 0.25) is 0 Å². The topological polar surface area (TPSA) is 0 Å². The lowest BCUT2D eigenvalue weighted by atomic mass is 9.77. The van der Waals surface area contributed by atoms with Gasteiger partial charge in [-0.15, -0.1) is 0 Å². The highest BCUT2D eigenvalue weighted by Crippen LogP contribution is 2.37. The van der Waals surface area contributed by atoms with Crippen LogP contribution in [0.15, 0.2) is 48.5 Å². The monoisotopic (exact) mass is 404 g/mol. The molecular formula is C30H44. The van der Waals surface area contributed by atoms with Crippen LogP contribution in [-0.4, -0.2) is 0 Å². The Morgan fingerprint density at radius 1 is 0.600 bits per heavy atom. The predicted molar refractivity (Wildman–Crippen MR) is 133 cm³/mol. The second-order valence-electron chi connectivity index (χ2n) is 9.67. The van der Waals surface area contributed by atoms with Crippen LogP contribution < -0.4 is 0 Å². The van der Waals surface area contributed by atoms with Gasteiger partial charge in [0.15, 0.2) is 0 Å². The summed E-state index contributed by atoms with van der Waals surface area (Å²) in [6.07, 6.45) is 19.4. The molecule has 2 aromatic carbocycles. The third-order valence-electron chi connectivity index (χ3n) is 7.41. The molecule has 0 bridgehead atoms. The van der Waals surface area contributed by atoms with Crippen molar-refractivity contribution in [2.45, 2.75) is 110 Å². The van der Waals surface area contributed by atoms with E-state index in [1.165, 1.54) is 107 Å². The van der Waals surface area contributed by atoms with Gasteiger partial charge in [0.1, 0.15) is 0 Å². The molecule has 0 aliphatic heterocycles. The van der Waals surface area contributed by atoms with E-state index in [0.29, 0.717) is 0 Å². The van der Waals surface area contributed by atoms with E-state index in [1.807, 2.05) is 0 Å². The molecule has 164 valence electrons. The quantitative estimate of drug-likeness (QED) is 0.309. The van der Waals surface area contributed by atoms with Crippen LogP contribution >= 0.6 is 0 Å². The molecule has 1 aliphatic carbocycles. The van der Waals surface area contributed by atoms with Crippen molar-refractivity contribution < 1.29 is 0 Å². The molecular weight excluding hydrogens is 360 g/mol. The summed E-state index contributed by atoms with van der Waals surface area (Å²) < 4.78 is 0. The van der Waals surface area contributed by atoms with Gasteiger partial charge in [-0.1, -0.05) is 114 Å². The average molecular weight is 405 g/mol. The molecule has 2 aromatic rings. The third-order valence-corrected chi connectivity index (χ3v) is 7.41. The number of rotatable bonds is 12. The Balaban J connectivity index is 1.41. The van der Waals surface area contributed by atoms with E-state index in [4.69, 9.17) is 0 Å². The van der Waals surface area contributed by atoms with Crippen LogP contribution in [0.4, 0.5) is 0 Å². The van der Waals surface area contributed by atoms with Crippen LogP contribution in [0.5, 0.6) is 0 Å². The third kappa shape index (κ3) is 7.29. The van der Waals surface area contributed by atoms with E-state index in [2.05, 4.69) is 62.4 Å². The summed E-state index contributed by atoms with van der Waals surface area (Å²) in [7, 11) is 0. The van der Waals surface area contributed by atoms with Crippen molar-refractivity contribution in [2.24, 2.45) is 5.92 Å². The van der Waals surface area contributed by atoms with E-state index in [9.17, 15) is 0 Å². The van der Waals surface area contributed by atoms with Crippen molar-refractivity contribution in [3.8, 4) is 11.1 Å². The first-order valence-corrected chi connectivity index (χ1v) is 13.0. The normalized spacial score (nSPS) is 19.1. The first kappa shape index (κ1) is 23.1. The maximum Gasteiger partial charge on any atom is -0.0162 e. The smallest absolute Gasteiger partial charge is 0.0162 e. The Bertz CT molecular complexity index is 686. The van der Waals surface area contributed by atoms with Crippen molar-refractivity contribution in [1.82, 2.24) is 0 Å². The molecule has 1 saturated carbocycles. The largest absolute Gasteiger partial charge is 0.0654 e. The molecule has 0 heteroatoms. The van der Waals surface area contributed by atoms with E-state index in [0.717, 1.165) is 11.8 Å². The number of hydrogen-bond acceptors (Lipinski definition) is 0. The lowest BCUT2D eigenvalue weighted by molar-refractivity contribution is 0.319. The Labute approximate surface area is 186 Å². The minimum atomic E-state index is 0.788. The molecule has 30 heavy (non-hydrogen) atoms. The number of unbranched alkanes of at least 4 members (excludes halogenated alkanes) is 7. The highest BCUT2D eigenvalue weighted by Gasteiger charge is 2.21. The fourth-order valence-electron chi connectivity index (χ4n) is 5.18. The van der Waals surface area contributed by atoms with Gasteiger partial charge in [0.2, 0.25) is 0 Å². The minimum absolute atomic E-state index is 0.788. The van der Waals surface area contributed by atoms with E-state index < -0.39 is 0 Å². The van der Waals surface area contributed by atoms with Gasteiger partial charge in [-0.05, 0) is 72.6 Å². The first-order valence-electron chi connectivity index (χ1n) is 13.0. The van der Waals surface area contributed by atoms with E-state index >= 15 is 0 Å². The summed E-state index contributed by atoms with van der Waals surface area (Å²) in [6.45, 7) is 4.64. The molecule has 0 aromatic heterocycles. The van der Waals surface area contributed by atoms with Crippen LogP contribution in [0.1, 0.15) is 114 Å². The standard InChI is InChI=1S/C30H44/c1-3-5-6-7-8-9-10-11-12-26-15-19-28(20-16-26)30-23-21-29(22-24-30)27-17-13-25(4-2)14-18-27/h15-16,19-25,27H,3-14,17-18H2,1-2H3. The van der Waals surface area contributed by atoms with Gasteiger partial charge in [-0.3, -0.25) is 0 Å². The number of hydrogen-bond donors (Lipinski definition) is 0. The van der Waals surface area contributed by atoms with Crippen molar-refractivity contribution in [3.63, 3.8) is 0 Å². The predicted octanol–water partition coefficient (Wildman–Crippen LogP) is 9.72. The maximum absolute atomic E-state index is 2.39. The summed E-state index contributed by atoms with van der Waals surface area (Å²) >= 11 is 0. The Morgan fingerprint density at radius 3 is 1.70 bits per heavy atom. The maximum atomic E-state index is 2.39. The van der Waals surface area contributed by atoms with E-state index in [1.54, 1.807) is 5.56 Å². The molecule has 1 fully saturated rings. The second-order valence-corrected chi connectivity index (χ2v) is 9.67. The number of benzene rings is 2. The summed E-state index contributed by atoms with van der Waals surface area (Å²) in [4.78, 5) is 0. The summed E-state index contributed by atoms with van der Waals surface area (Å²) in [5, 5.41) is 0. The highest BCUT2D eigenvalue weighted by atomic mass is 14.3. The molecule has 0 heterocycles. The zero-order chi connectivity index (χ0) is 21.0. The SMILES string of the molecule is CCCCCCCCCCc1ccc(-c2ccc(C3CCC(CC)CC3)cc2)cc1. The molecule has 3 rings (SSSR count). The van der Waals surface area contributed by atoms with Crippen molar-refractivity contribution in [3.05, 3.63) is 59.7 Å². The molecule has 0 spiro atoms. The minimum Gasteiger partial charge on any atom is -0.0654 e. The van der Waals surface area contributed by atoms with Gasteiger partial charge in [-0.25, -0.2) is 0 Å². The molecule has 0 radical (unpaired) electrons. The molecule has 0 nitrogen and oxygen atoms in total. The average Bonchev–Trinajstić information content (AvgIpc) is 2.81. The Morgan fingerprint density at radius 2 is 1.13 bits per heavy atom. The fourth-order valence-corrected chi connectivity index (χ4v) is 5.18. The van der Waals surface area contributed by atoms with Crippen molar-refractivity contribution >= 4 is 0 Å². The summed E-state index contributed by atoms with van der Waals surface area (Å²) in [5.74, 6) is 1.76. The second kappa shape index (κ2) is 13.0. The zero-order valence-electron chi connectivity index (χ0n) is 19.7. The Hall–Kier alpha value is -1.56. The molecule has 0 atom stereocenters. The molecule has 0 N–H and O–H groups in total. The van der Waals surface area contributed by atoms with Crippen molar-refractivity contribution in [1.29, 1.82) is 0 Å². The van der Waals surface area contributed by atoms with Gasteiger partial charge >= 0.3 is 0 Å². The van der Waals surface area contributed by atoms with Gasteiger partial charge in [0.25, 0.3) is 0 Å². The molecule has 0 unspecified atom stereocenters. The first-order chi connectivity index (χ1) is 14.8. The van der Waals surface area contributed by atoms with Gasteiger partial charge in [0.05, 0.1) is 0 Å². The van der Waals surface area contributed by atoms with Gasteiger partial charge < -0.3 is 0 Å². The lowest BCUT2D eigenvalue weighted by Gasteiger charge is -2.28. The zero-order valence-corrected chi connectivity index (χ0v) is 19.7. The number of aryl methyl sites for hydroxylation is 1. The van der Waals surface area contributed by atoms with Crippen LogP contribution in [0.3, 0.4) is 0 Å². The summed E-state index contributed by atoms with van der Waals surface area (Å²) in [6, 6.07) is 18.8. The van der Waals surface area contributed by atoms with Crippen LogP contribution in [0.25, 0.3) is 11.1 Å². The highest BCUT2D eigenvalue weighted by molar-refractivity contribution is 5.64. The van der Waals surface area contributed by atoms with Gasteiger partial charge in [0, 0.05) is 0 Å². The van der Waals surface area contributed by atoms with Crippen LogP contribution in [-0.2, 0) is 6.42 Å². The molecule has 1 aliphatic rings. The van der Waals surface area contributed by atoms with E-state index in [-0.39, 0.29) is 0 Å². The summed E-state index contributed by atoms with van der Waals surface area (Å²) in [5.41, 5.74) is 5.77. The Kier molecular flexibility index (Phi) is 10.0. The fraction of sp³-hybridized carbons (Fsp3) is 0.600. The molecule has 0 amide bonds. The van der Waals surface area contributed by atoms with Crippen LogP contribution in [0, 0.1) is 5.92 Å². The molecule has 0 saturated heterocycles.